The van der Waals surface area contributed by atoms with Crippen molar-refractivity contribution in [1.82, 2.24) is 0 Å². The van der Waals surface area contributed by atoms with E-state index in [1.165, 1.54) is 108 Å². The number of likely N-dealkylation sites (tertiary alicyclic amines) is 1. The predicted octanol–water partition coefficient (Wildman–Crippen LogP) is 4.39. The van der Waals surface area contributed by atoms with Crippen molar-refractivity contribution in [3.05, 3.63) is 0 Å². The largest absolute Gasteiger partial charge is 0.330 e. The highest BCUT2D eigenvalue weighted by atomic mass is 32.1. The number of hydrogen-bond acceptors (Lipinski definition) is 2. The van der Waals surface area contributed by atoms with Crippen molar-refractivity contribution in [3.63, 3.8) is 0 Å². The number of quaternary nitrogens is 1. The zero-order chi connectivity index (χ0) is 15.2. The summed E-state index contributed by atoms with van der Waals surface area (Å²) in [5.41, 5.74) is 5.51. The van der Waals surface area contributed by atoms with Crippen LogP contribution < -0.4 is 5.73 Å². The van der Waals surface area contributed by atoms with Gasteiger partial charge in [0.1, 0.15) is 0 Å². The van der Waals surface area contributed by atoms with Gasteiger partial charge in [-0.3, -0.25) is 0 Å². The first-order valence-corrected chi connectivity index (χ1v) is 10.1. The zero-order valence-electron chi connectivity index (χ0n) is 14.2. The van der Waals surface area contributed by atoms with Crippen LogP contribution in [0.2, 0.25) is 0 Å². The fourth-order valence-electron chi connectivity index (χ4n) is 3.78. The number of nitrogens with two attached hydrogens (primary N) is 1. The minimum Gasteiger partial charge on any atom is -0.330 e. The molecule has 0 amide bonds. The monoisotopic (exact) mass is 315 g/mol. The number of hydrogen-bond donors (Lipinski definition) is 2. The summed E-state index contributed by atoms with van der Waals surface area (Å²) in [5, 5.41) is 0. The Morgan fingerprint density at radius 2 is 1.14 bits per heavy atom. The van der Waals surface area contributed by atoms with E-state index in [-0.39, 0.29) is 0 Å². The Morgan fingerprint density at radius 3 is 1.62 bits per heavy atom. The summed E-state index contributed by atoms with van der Waals surface area (Å²) >= 11 is 4.46. The van der Waals surface area contributed by atoms with E-state index in [0.717, 1.165) is 12.3 Å². The fourth-order valence-corrected chi connectivity index (χ4v) is 4.21. The maximum atomic E-state index is 5.51. The number of nitrogens with zero attached hydrogens (tertiary/aromatic N) is 1. The average Bonchev–Trinajstić information content (AvgIpc) is 2.94. The molecule has 1 aliphatic heterocycles. The Morgan fingerprint density at radius 1 is 0.667 bits per heavy atom. The van der Waals surface area contributed by atoms with Crippen LogP contribution in [0.15, 0.2) is 0 Å². The van der Waals surface area contributed by atoms with Crippen LogP contribution in [0.5, 0.6) is 0 Å². The summed E-state index contributed by atoms with van der Waals surface area (Å²) in [6.45, 7) is 6.42. The molecule has 0 saturated carbocycles. The Hall–Kier alpha value is 0.270. The molecule has 1 saturated heterocycles. The highest BCUT2D eigenvalue weighted by Crippen LogP contribution is 2.21. The summed E-state index contributed by atoms with van der Waals surface area (Å²) in [5.74, 6) is 1.06. The summed E-state index contributed by atoms with van der Waals surface area (Å²) < 4.78 is 1.38. The molecule has 0 aromatic heterocycles. The number of thiol groups is 1. The maximum absolute atomic E-state index is 5.51. The van der Waals surface area contributed by atoms with E-state index < -0.39 is 0 Å². The molecule has 1 fully saturated rings. The van der Waals surface area contributed by atoms with E-state index in [4.69, 9.17) is 5.73 Å². The lowest BCUT2D eigenvalue weighted by atomic mass is 10.1. The summed E-state index contributed by atoms with van der Waals surface area (Å²) in [4.78, 5) is 0. The first-order chi connectivity index (χ1) is 10.3. The highest BCUT2D eigenvalue weighted by molar-refractivity contribution is 7.80. The molecule has 0 radical (unpaired) electrons. The lowest BCUT2D eigenvalue weighted by molar-refractivity contribution is -0.914. The van der Waals surface area contributed by atoms with Crippen molar-refractivity contribution in [3.8, 4) is 0 Å². The summed E-state index contributed by atoms with van der Waals surface area (Å²) in [6.07, 6.45) is 16.9. The second-order valence-electron chi connectivity index (χ2n) is 6.99. The second kappa shape index (κ2) is 12.8. The molecule has 0 aliphatic carbocycles. The molecular formula is C18H39N2S+. The van der Waals surface area contributed by atoms with Gasteiger partial charge in [-0.2, -0.15) is 12.6 Å². The van der Waals surface area contributed by atoms with Crippen LogP contribution in [-0.4, -0.2) is 43.0 Å². The van der Waals surface area contributed by atoms with Gasteiger partial charge in [0.2, 0.25) is 0 Å². The molecule has 3 heteroatoms. The maximum Gasteiger partial charge on any atom is 0.0876 e. The van der Waals surface area contributed by atoms with Crippen LogP contribution in [0, 0.1) is 0 Å². The van der Waals surface area contributed by atoms with Crippen LogP contribution >= 0.6 is 12.6 Å². The normalized spacial score (nSPS) is 17.4. The molecule has 0 atom stereocenters. The minimum atomic E-state index is 0.868. The molecule has 0 unspecified atom stereocenters. The third kappa shape index (κ3) is 9.10. The van der Waals surface area contributed by atoms with Gasteiger partial charge in [0.25, 0.3) is 0 Å². The standard InChI is InChI=1S/C18H38N2S/c19-13-9-7-5-3-1-2-4-6-8-10-14-20(17-18-21)15-11-12-16-20/h1-19H2/p+1. The van der Waals surface area contributed by atoms with Gasteiger partial charge in [0.15, 0.2) is 0 Å². The van der Waals surface area contributed by atoms with Gasteiger partial charge >= 0.3 is 0 Å². The molecule has 2 N–H and O–H groups in total. The van der Waals surface area contributed by atoms with Crippen LogP contribution in [0.25, 0.3) is 0 Å². The van der Waals surface area contributed by atoms with E-state index in [2.05, 4.69) is 12.6 Å². The lowest BCUT2D eigenvalue weighted by Gasteiger charge is -2.34. The minimum absolute atomic E-state index is 0.868. The van der Waals surface area contributed by atoms with E-state index in [0.29, 0.717) is 0 Å². The molecule has 1 aliphatic rings. The Bertz CT molecular complexity index is 227. The molecule has 0 aromatic carbocycles. The first kappa shape index (κ1) is 19.3. The van der Waals surface area contributed by atoms with E-state index in [1.54, 1.807) is 0 Å². The molecule has 126 valence electrons. The SMILES string of the molecule is NCCCCCCCCCCCC[N+]1(CCS)CCCC1. The van der Waals surface area contributed by atoms with Gasteiger partial charge in [0.05, 0.1) is 26.2 Å². The lowest BCUT2D eigenvalue weighted by Crippen LogP contribution is -2.47. The first-order valence-electron chi connectivity index (χ1n) is 9.49. The topological polar surface area (TPSA) is 26.0 Å². The summed E-state index contributed by atoms with van der Waals surface area (Å²) in [6, 6.07) is 0. The van der Waals surface area contributed by atoms with Crippen LogP contribution in [0.1, 0.15) is 77.0 Å². The molecule has 0 bridgehead atoms. The van der Waals surface area contributed by atoms with Crippen molar-refractivity contribution in [2.75, 3.05) is 38.5 Å². The van der Waals surface area contributed by atoms with Gasteiger partial charge in [-0.1, -0.05) is 44.9 Å². The van der Waals surface area contributed by atoms with E-state index in [1.807, 2.05) is 0 Å². The van der Waals surface area contributed by atoms with Crippen LogP contribution in [0.4, 0.5) is 0 Å². The Labute approximate surface area is 138 Å². The molecule has 0 aromatic rings. The van der Waals surface area contributed by atoms with Crippen molar-refractivity contribution in [2.45, 2.75) is 77.0 Å². The van der Waals surface area contributed by atoms with Crippen molar-refractivity contribution < 1.29 is 4.48 Å². The third-order valence-corrected chi connectivity index (χ3v) is 5.38. The Balaban J connectivity index is 1.88. The van der Waals surface area contributed by atoms with Gasteiger partial charge in [-0.15, -0.1) is 0 Å². The quantitative estimate of drug-likeness (QED) is 0.277. The summed E-state index contributed by atoms with van der Waals surface area (Å²) in [7, 11) is 0. The second-order valence-corrected chi connectivity index (χ2v) is 7.44. The van der Waals surface area contributed by atoms with E-state index >= 15 is 0 Å². The van der Waals surface area contributed by atoms with Gasteiger partial charge < -0.3 is 10.2 Å². The van der Waals surface area contributed by atoms with Crippen molar-refractivity contribution >= 4 is 12.6 Å². The van der Waals surface area contributed by atoms with Crippen molar-refractivity contribution in [2.24, 2.45) is 5.73 Å². The number of rotatable bonds is 14. The van der Waals surface area contributed by atoms with Gasteiger partial charge in [0, 0.05) is 18.6 Å². The fraction of sp³-hybridized carbons (Fsp3) is 1.00. The number of unbranched alkanes of at least 4 members (excludes halogenated alkanes) is 9. The molecule has 1 heterocycles. The highest BCUT2D eigenvalue weighted by Gasteiger charge is 2.30. The smallest absolute Gasteiger partial charge is 0.0876 e. The Kier molecular flexibility index (Phi) is 11.8. The predicted molar refractivity (Wildman–Crippen MR) is 98.0 cm³/mol. The van der Waals surface area contributed by atoms with Crippen molar-refractivity contribution in [1.29, 1.82) is 0 Å². The van der Waals surface area contributed by atoms with Gasteiger partial charge in [-0.25, -0.2) is 0 Å². The van der Waals surface area contributed by atoms with Gasteiger partial charge in [-0.05, 0) is 25.8 Å². The zero-order valence-corrected chi connectivity index (χ0v) is 15.1. The molecule has 21 heavy (non-hydrogen) atoms. The molecular weight excluding hydrogens is 276 g/mol. The van der Waals surface area contributed by atoms with E-state index in [9.17, 15) is 0 Å². The van der Waals surface area contributed by atoms with Crippen LogP contribution in [-0.2, 0) is 0 Å². The van der Waals surface area contributed by atoms with Crippen LogP contribution in [0.3, 0.4) is 0 Å². The molecule has 1 rings (SSSR count). The third-order valence-electron chi connectivity index (χ3n) is 5.18. The average molecular weight is 316 g/mol. The molecule has 0 spiro atoms. The molecule has 2 nitrogen and oxygen atoms in total.